The average Bonchev–Trinajstić information content (AvgIpc) is 3.54. The summed E-state index contributed by atoms with van der Waals surface area (Å²) in [5.74, 6) is 0.156. The van der Waals surface area contributed by atoms with Crippen LogP contribution in [0, 0.1) is 0 Å². The van der Waals surface area contributed by atoms with Gasteiger partial charge in [-0.3, -0.25) is 4.79 Å². The number of carbonyl (C=O) groups excluding carboxylic acids is 1. The van der Waals surface area contributed by atoms with E-state index in [1.807, 2.05) is 18.5 Å². The van der Waals surface area contributed by atoms with Crippen LogP contribution in [0.15, 0.2) is 42.7 Å². The summed E-state index contributed by atoms with van der Waals surface area (Å²) >= 11 is 12.6. The summed E-state index contributed by atoms with van der Waals surface area (Å²) in [6.07, 6.45) is 5.66. The molecule has 3 aromatic rings. The van der Waals surface area contributed by atoms with Crippen molar-refractivity contribution in [2.45, 2.75) is 50.7 Å². The van der Waals surface area contributed by atoms with Gasteiger partial charge in [0.15, 0.2) is 0 Å². The van der Waals surface area contributed by atoms with E-state index in [4.69, 9.17) is 23.2 Å². The monoisotopic (exact) mass is 485 g/mol. The maximum absolute atomic E-state index is 12.4. The van der Waals surface area contributed by atoms with Crippen LogP contribution in [0.25, 0.3) is 11.0 Å². The Labute approximate surface area is 204 Å². The Bertz CT molecular complexity index is 1160. The number of nitrogens with one attached hydrogen (secondary N) is 2. The fraction of sp³-hybridized carbons (Fsp3) is 0.440. The van der Waals surface area contributed by atoms with Gasteiger partial charge in [0.2, 0.25) is 5.91 Å². The van der Waals surface area contributed by atoms with Crippen molar-refractivity contribution in [3.05, 3.63) is 58.3 Å². The lowest BCUT2D eigenvalue weighted by Crippen LogP contribution is -2.39. The molecule has 0 spiro atoms. The van der Waals surface area contributed by atoms with Gasteiger partial charge in [-0.15, -0.1) is 0 Å². The molecular weight excluding hydrogens is 457 g/mol. The van der Waals surface area contributed by atoms with Crippen LogP contribution in [0.5, 0.6) is 0 Å². The molecule has 5 rings (SSSR count). The molecule has 2 aliphatic rings. The number of hydrogen-bond donors (Lipinski definition) is 2. The number of aromatic nitrogens is 2. The van der Waals surface area contributed by atoms with Crippen LogP contribution >= 0.6 is 23.2 Å². The predicted molar refractivity (Wildman–Crippen MR) is 134 cm³/mol. The number of rotatable bonds is 6. The highest BCUT2D eigenvalue weighted by Gasteiger charge is 2.26. The first-order valence-electron chi connectivity index (χ1n) is 11.7. The van der Waals surface area contributed by atoms with E-state index in [-0.39, 0.29) is 18.0 Å². The molecule has 2 fully saturated rings. The van der Waals surface area contributed by atoms with Crippen LogP contribution < -0.4 is 15.5 Å². The van der Waals surface area contributed by atoms with Crippen molar-refractivity contribution < 1.29 is 4.79 Å². The molecule has 174 valence electrons. The Kier molecular flexibility index (Phi) is 6.50. The lowest BCUT2D eigenvalue weighted by molar-refractivity contribution is -0.122. The largest absolute Gasteiger partial charge is 0.369 e. The summed E-state index contributed by atoms with van der Waals surface area (Å²) in [7, 11) is 0. The smallest absolute Gasteiger partial charge is 0.221 e. The van der Waals surface area contributed by atoms with Crippen LogP contribution in [0.1, 0.15) is 44.2 Å². The number of amides is 1. The van der Waals surface area contributed by atoms with Gasteiger partial charge >= 0.3 is 0 Å². The normalized spacial score (nSPS) is 21.6. The van der Waals surface area contributed by atoms with Gasteiger partial charge in [0.1, 0.15) is 0 Å². The topological polar surface area (TPSA) is 62.2 Å². The molecule has 33 heavy (non-hydrogen) atoms. The second-order valence-electron chi connectivity index (χ2n) is 9.16. The number of anilines is 1. The van der Waals surface area contributed by atoms with E-state index in [9.17, 15) is 4.79 Å². The fourth-order valence-electron chi connectivity index (χ4n) is 5.06. The maximum Gasteiger partial charge on any atom is 0.221 e. The molecule has 2 aromatic carbocycles. The van der Waals surface area contributed by atoms with Crippen molar-refractivity contribution in [2.75, 3.05) is 24.5 Å². The van der Waals surface area contributed by atoms with E-state index in [1.165, 1.54) is 0 Å². The molecule has 2 saturated heterocycles. The third kappa shape index (κ3) is 4.84. The van der Waals surface area contributed by atoms with E-state index < -0.39 is 0 Å². The van der Waals surface area contributed by atoms with Gasteiger partial charge in [-0.2, -0.15) is 0 Å². The first-order valence-corrected chi connectivity index (χ1v) is 12.4. The third-order valence-corrected chi connectivity index (χ3v) is 7.46. The quantitative estimate of drug-likeness (QED) is 0.526. The van der Waals surface area contributed by atoms with E-state index in [2.05, 4.69) is 50.2 Å². The number of fused-ring (bicyclic) bond motifs is 1. The Balaban J connectivity index is 1.30. The summed E-state index contributed by atoms with van der Waals surface area (Å²) in [6.45, 7) is 4.88. The highest BCUT2D eigenvalue weighted by atomic mass is 35.5. The summed E-state index contributed by atoms with van der Waals surface area (Å²) in [4.78, 5) is 19.4. The molecule has 3 heterocycles. The minimum atomic E-state index is 0.0184. The molecule has 3 atom stereocenters. The molecule has 0 aliphatic carbocycles. The van der Waals surface area contributed by atoms with Crippen molar-refractivity contribution in [1.29, 1.82) is 0 Å². The molecular formula is C25H29Cl2N5O. The maximum atomic E-state index is 12.4. The van der Waals surface area contributed by atoms with Crippen molar-refractivity contribution in [3.8, 4) is 0 Å². The molecule has 6 nitrogen and oxygen atoms in total. The Hall–Kier alpha value is -2.28. The van der Waals surface area contributed by atoms with Gasteiger partial charge in [0.05, 0.1) is 23.4 Å². The number of nitrogens with zero attached hydrogens (tertiary/aromatic N) is 3. The van der Waals surface area contributed by atoms with Crippen LogP contribution in [0.2, 0.25) is 10.0 Å². The van der Waals surface area contributed by atoms with Crippen LogP contribution in [0.4, 0.5) is 5.69 Å². The van der Waals surface area contributed by atoms with E-state index >= 15 is 0 Å². The zero-order chi connectivity index (χ0) is 22.9. The molecule has 1 aromatic heterocycles. The lowest BCUT2D eigenvalue weighted by atomic mass is 10.1. The lowest BCUT2D eigenvalue weighted by Gasteiger charge is -2.21. The summed E-state index contributed by atoms with van der Waals surface area (Å²) in [5, 5.41) is 7.92. The van der Waals surface area contributed by atoms with Crippen molar-refractivity contribution in [2.24, 2.45) is 0 Å². The van der Waals surface area contributed by atoms with Crippen LogP contribution in [-0.2, 0) is 4.79 Å². The third-order valence-electron chi connectivity index (χ3n) is 6.90. The first kappa shape index (κ1) is 22.5. The number of hydrogen-bond acceptors (Lipinski definition) is 4. The minimum absolute atomic E-state index is 0.0184. The molecule has 0 radical (unpaired) electrons. The number of carbonyl (C=O) groups is 1. The van der Waals surface area contributed by atoms with Crippen molar-refractivity contribution in [3.63, 3.8) is 0 Å². The Morgan fingerprint density at radius 3 is 2.91 bits per heavy atom. The van der Waals surface area contributed by atoms with Crippen LogP contribution in [0.3, 0.4) is 0 Å². The second-order valence-corrected chi connectivity index (χ2v) is 10.0. The molecule has 1 unspecified atom stereocenters. The van der Waals surface area contributed by atoms with E-state index in [0.717, 1.165) is 61.2 Å². The molecule has 2 N–H and O–H groups in total. The molecule has 2 aliphatic heterocycles. The fourth-order valence-corrected chi connectivity index (χ4v) is 5.63. The predicted octanol–water partition coefficient (Wildman–Crippen LogP) is 4.79. The van der Waals surface area contributed by atoms with E-state index in [0.29, 0.717) is 22.5 Å². The van der Waals surface area contributed by atoms with Gasteiger partial charge in [-0.05, 0) is 68.6 Å². The average molecular weight is 486 g/mol. The second kappa shape index (κ2) is 9.53. The molecule has 0 bridgehead atoms. The zero-order valence-corrected chi connectivity index (χ0v) is 20.2. The number of benzene rings is 2. The summed E-state index contributed by atoms with van der Waals surface area (Å²) in [5.41, 5.74) is 4.16. The first-order chi connectivity index (χ1) is 16.0. The van der Waals surface area contributed by atoms with Gasteiger partial charge in [-0.1, -0.05) is 29.3 Å². The zero-order valence-electron chi connectivity index (χ0n) is 18.7. The molecule has 1 amide bonds. The van der Waals surface area contributed by atoms with Crippen LogP contribution in [-0.4, -0.2) is 47.2 Å². The van der Waals surface area contributed by atoms with E-state index in [1.54, 1.807) is 6.07 Å². The van der Waals surface area contributed by atoms with Gasteiger partial charge in [0.25, 0.3) is 0 Å². The Morgan fingerprint density at radius 2 is 2.12 bits per heavy atom. The molecule has 8 heteroatoms. The number of halogens is 2. The van der Waals surface area contributed by atoms with Gasteiger partial charge in [0, 0.05) is 47.3 Å². The van der Waals surface area contributed by atoms with Gasteiger partial charge in [-0.25, -0.2) is 4.98 Å². The van der Waals surface area contributed by atoms with Crippen molar-refractivity contribution in [1.82, 2.24) is 20.2 Å². The highest BCUT2D eigenvalue weighted by Crippen LogP contribution is 2.32. The summed E-state index contributed by atoms with van der Waals surface area (Å²) < 4.78 is 2.15. The van der Waals surface area contributed by atoms with Crippen molar-refractivity contribution >= 4 is 45.8 Å². The SMILES string of the molecule is C[C@H](c1ccc(Cl)cc1Cl)n1cnc2ccc(N3CCC(NC(=O)C[C@H]4CCCN4)C3)cc21. The molecule has 0 saturated carbocycles. The standard InChI is InChI=1S/C25H29Cl2N5O/c1-16(21-6-4-17(26)11-22(21)27)32-15-29-23-7-5-20(13-24(23)32)31-10-8-19(14-31)30-25(33)12-18-3-2-9-28-18/h4-7,11,13,15-16,18-19,28H,2-3,8-10,12,14H2,1H3,(H,30,33)/t16-,18-,19?/m1/s1. The summed E-state index contributed by atoms with van der Waals surface area (Å²) in [6, 6.07) is 12.5. The minimum Gasteiger partial charge on any atom is -0.369 e. The highest BCUT2D eigenvalue weighted by molar-refractivity contribution is 6.35. The Morgan fingerprint density at radius 1 is 1.24 bits per heavy atom. The van der Waals surface area contributed by atoms with Gasteiger partial charge < -0.3 is 20.1 Å². The number of imidazole rings is 1.